The number of sulfonamides is 1. The standard InChI is InChI=1S/C14H19NO3S/c1-3-11-15(4-2)19(17,18)14-10-6-5-8-13(14)9-7-12-16/h5-6,8,10,16H,3-4,11-12H2,1-2H3. The summed E-state index contributed by atoms with van der Waals surface area (Å²) in [5.41, 5.74) is 0.422. The van der Waals surface area contributed by atoms with Crippen LogP contribution in [0.25, 0.3) is 0 Å². The number of rotatable bonds is 5. The van der Waals surface area contributed by atoms with E-state index >= 15 is 0 Å². The molecule has 5 heteroatoms. The summed E-state index contributed by atoms with van der Waals surface area (Å²) < 4.78 is 26.5. The second-order valence-electron chi connectivity index (χ2n) is 3.95. The molecule has 0 radical (unpaired) electrons. The van der Waals surface area contributed by atoms with Crippen molar-refractivity contribution in [1.82, 2.24) is 4.31 Å². The molecule has 0 atom stereocenters. The predicted molar refractivity (Wildman–Crippen MR) is 75.1 cm³/mol. The first-order valence-electron chi connectivity index (χ1n) is 6.26. The van der Waals surface area contributed by atoms with Crippen LogP contribution in [0, 0.1) is 11.8 Å². The minimum absolute atomic E-state index is 0.200. The van der Waals surface area contributed by atoms with Gasteiger partial charge in [0.25, 0.3) is 0 Å². The average molecular weight is 281 g/mol. The molecular formula is C14H19NO3S. The first-order valence-corrected chi connectivity index (χ1v) is 7.70. The molecule has 0 fully saturated rings. The molecule has 0 bridgehead atoms. The predicted octanol–water partition coefficient (Wildman–Crippen LogP) is 1.45. The molecule has 1 rings (SSSR count). The van der Waals surface area contributed by atoms with Crippen molar-refractivity contribution < 1.29 is 13.5 Å². The molecule has 0 aliphatic carbocycles. The summed E-state index contributed by atoms with van der Waals surface area (Å²) in [5, 5.41) is 8.73. The normalized spacial score (nSPS) is 11.2. The molecule has 4 nitrogen and oxygen atoms in total. The van der Waals surface area contributed by atoms with Crippen molar-refractivity contribution in [3.05, 3.63) is 29.8 Å². The molecule has 0 aliphatic heterocycles. The van der Waals surface area contributed by atoms with E-state index in [1.807, 2.05) is 13.8 Å². The summed E-state index contributed by atoms with van der Waals surface area (Å²) in [6.07, 6.45) is 0.761. The van der Waals surface area contributed by atoms with Crippen LogP contribution in [-0.4, -0.2) is 37.5 Å². The van der Waals surface area contributed by atoms with E-state index in [1.54, 1.807) is 24.3 Å². The number of benzene rings is 1. The monoisotopic (exact) mass is 281 g/mol. The van der Waals surface area contributed by atoms with Gasteiger partial charge in [0.1, 0.15) is 6.61 Å². The van der Waals surface area contributed by atoms with Gasteiger partial charge in [-0.1, -0.05) is 37.8 Å². The molecule has 1 N–H and O–H groups in total. The van der Waals surface area contributed by atoms with Crippen LogP contribution in [-0.2, 0) is 10.0 Å². The maximum Gasteiger partial charge on any atom is 0.244 e. The van der Waals surface area contributed by atoms with Crippen LogP contribution in [0.1, 0.15) is 25.8 Å². The van der Waals surface area contributed by atoms with Gasteiger partial charge in [-0.2, -0.15) is 4.31 Å². The van der Waals surface area contributed by atoms with Crippen LogP contribution in [0.3, 0.4) is 0 Å². The van der Waals surface area contributed by atoms with Gasteiger partial charge in [-0.3, -0.25) is 0 Å². The van der Waals surface area contributed by atoms with Crippen molar-refractivity contribution in [2.24, 2.45) is 0 Å². The third kappa shape index (κ3) is 3.80. The van der Waals surface area contributed by atoms with E-state index in [2.05, 4.69) is 11.8 Å². The van der Waals surface area contributed by atoms with Gasteiger partial charge < -0.3 is 5.11 Å². The first-order chi connectivity index (χ1) is 9.07. The molecule has 0 spiro atoms. The lowest BCUT2D eigenvalue weighted by molar-refractivity contribution is 0.350. The summed E-state index contributed by atoms with van der Waals surface area (Å²) in [5.74, 6) is 5.17. The number of hydrogen-bond acceptors (Lipinski definition) is 3. The molecule has 1 aromatic carbocycles. The Balaban J connectivity index is 3.28. The molecule has 0 aliphatic rings. The topological polar surface area (TPSA) is 57.6 Å². The van der Waals surface area contributed by atoms with Gasteiger partial charge in [-0.15, -0.1) is 0 Å². The molecule has 0 amide bonds. The Morgan fingerprint density at radius 1 is 1.26 bits per heavy atom. The van der Waals surface area contributed by atoms with Crippen LogP contribution >= 0.6 is 0 Å². The first kappa shape index (κ1) is 15.7. The Hall–Kier alpha value is -1.35. The number of nitrogens with zero attached hydrogens (tertiary/aromatic N) is 1. The molecule has 0 aromatic heterocycles. The van der Waals surface area contributed by atoms with E-state index in [-0.39, 0.29) is 11.5 Å². The number of aliphatic hydroxyl groups is 1. The van der Waals surface area contributed by atoms with E-state index < -0.39 is 10.0 Å². The van der Waals surface area contributed by atoms with Crippen LogP contribution in [0.4, 0.5) is 0 Å². The van der Waals surface area contributed by atoms with Gasteiger partial charge in [-0.05, 0) is 18.6 Å². The van der Waals surface area contributed by atoms with E-state index in [0.29, 0.717) is 18.7 Å². The van der Waals surface area contributed by atoms with Crippen molar-refractivity contribution in [2.75, 3.05) is 19.7 Å². The lowest BCUT2D eigenvalue weighted by Crippen LogP contribution is -2.32. The maximum absolute atomic E-state index is 12.5. The SMILES string of the molecule is CCCN(CC)S(=O)(=O)c1ccccc1C#CCO. The molecule has 0 heterocycles. The largest absolute Gasteiger partial charge is 0.384 e. The van der Waals surface area contributed by atoms with Crippen molar-refractivity contribution in [2.45, 2.75) is 25.2 Å². The summed E-state index contributed by atoms with van der Waals surface area (Å²) >= 11 is 0. The third-order valence-electron chi connectivity index (χ3n) is 2.63. The molecule has 104 valence electrons. The fourth-order valence-electron chi connectivity index (χ4n) is 1.77. The van der Waals surface area contributed by atoms with E-state index in [0.717, 1.165) is 6.42 Å². The summed E-state index contributed by atoms with van der Waals surface area (Å²) in [6.45, 7) is 4.38. The molecule has 19 heavy (non-hydrogen) atoms. The van der Waals surface area contributed by atoms with Crippen LogP contribution in [0.2, 0.25) is 0 Å². The second kappa shape index (κ2) is 7.29. The second-order valence-corrected chi connectivity index (χ2v) is 5.86. The van der Waals surface area contributed by atoms with Crippen molar-refractivity contribution >= 4 is 10.0 Å². The summed E-state index contributed by atoms with van der Waals surface area (Å²) in [6, 6.07) is 6.61. The molecule has 1 aromatic rings. The van der Waals surface area contributed by atoms with Crippen LogP contribution in [0.15, 0.2) is 29.2 Å². The molecule has 0 saturated carbocycles. The number of hydrogen-bond donors (Lipinski definition) is 1. The third-order valence-corrected chi connectivity index (χ3v) is 4.67. The van der Waals surface area contributed by atoms with E-state index in [4.69, 9.17) is 5.11 Å². The minimum atomic E-state index is -3.53. The summed E-state index contributed by atoms with van der Waals surface area (Å²) in [4.78, 5) is 0.200. The van der Waals surface area contributed by atoms with Gasteiger partial charge in [0.05, 0.1) is 4.90 Å². The highest BCUT2D eigenvalue weighted by Crippen LogP contribution is 2.19. The summed E-state index contributed by atoms with van der Waals surface area (Å²) in [7, 11) is -3.53. The van der Waals surface area contributed by atoms with Crippen molar-refractivity contribution in [3.63, 3.8) is 0 Å². The fraction of sp³-hybridized carbons (Fsp3) is 0.429. The van der Waals surface area contributed by atoms with Gasteiger partial charge in [0, 0.05) is 18.7 Å². The van der Waals surface area contributed by atoms with Crippen molar-refractivity contribution in [1.29, 1.82) is 0 Å². The highest BCUT2D eigenvalue weighted by atomic mass is 32.2. The smallest absolute Gasteiger partial charge is 0.244 e. The number of aliphatic hydroxyl groups excluding tert-OH is 1. The van der Waals surface area contributed by atoms with E-state index in [1.165, 1.54) is 4.31 Å². The van der Waals surface area contributed by atoms with Gasteiger partial charge in [0.15, 0.2) is 0 Å². The van der Waals surface area contributed by atoms with Gasteiger partial charge >= 0.3 is 0 Å². The zero-order chi connectivity index (χ0) is 14.3. The van der Waals surface area contributed by atoms with Gasteiger partial charge in [0.2, 0.25) is 10.0 Å². The zero-order valence-electron chi connectivity index (χ0n) is 11.3. The van der Waals surface area contributed by atoms with Crippen molar-refractivity contribution in [3.8, 4) is 11.8 Å². The zero-order valence-corrected chi connectivity index (χ0v) is 12.1. The Labute approximate surface area is 115 Å². The van der Waals surface area contributed by atoms with E-state index in [9.17, 15) is 8.42 Å². The quantitative estimate of drug-likeness (QED) is 0.831. The Bertz CT molecular complexity index is 570. The molecular weight excluding hydrogens is 262 g/mol. The Morgan fingerprint density at radius 2 is 1.95 bits per heavy atom. The Kier molecular flexibility index (Phi) is 6.03. The highest BCUT2D eigenvalue weighted by molar-refractivity contribution is 7.89. The lowest BCUT2D eigenvalue weighted by Gasteiger charge is -2.20. The van der Waals surface area contributed by atoms with Crippen LogP contribution in [0.5, 0.6) is 0 Å². The lowest BCUT2D eigenvalue weighted by atomic mass is 10.2. The van der Waals surface area contributed by atoms with Crippen LogP contribution < -0.4 is 0 Å². The molecule has 0 unspecified atom stereocenters. The minimum Gasteiger partial charge on any atom is -0.384 e. The fourth-order valence-corrected chi connectivity index (χ4v) is 3.45. The highest BCUT2D eigenvalue weighted by Gasteiger charge is 2.24. The average Bonchev–Trinajstić information content (AvgIpc) is 2.42. The maximum atomic E-state index is 12.5. The Morgan fingerprint density at radius 3 is 2.53 bits per heavy atom. The van der Waals surface area contributed by atoms with Gasteiger partial charge in [-0.25, -0.2) is 8.42 Å². The molecule has 0 saturated heterocycles.